The fraction of sp³-hybridized carbons (Fsp3) is 0.550. The monoisotopic (exact) mass is 462 g/mol. The minimum absolute atomic E-state index is 0.0639. The molecule has 1 saturated carbocycles. The average Bonchev–Trinajstić information content (AvgIpc) is 3.44. The van der Waals surface area contributed by atoms with Crippen LogP contribution in [0.4, 0.5) is 26.3 Å². The molecule has 0 aromatic carbocycles. The van der Waals surface area contributed by atoms with Crippen LogP contribution in [-0.4, -0.2) is 43.2 Å². The Labute approximate surface area is 178 Å². The van der Waals surface area contributed by atoms with Crippen LogP contribution in [-0.2, 0) is 18.3 Å². The van der Waals surface area contributed by atoms with Gasteiger partial charge in [-0.05, 0) is 38.8 Å². The summed E-state index contributed by atoms with van der Waals surface area (Å²) in [5.74, 6) is -1.39. The zero-order valence-electron chi connectivity index (χ0n) is 17.1. The first-order valence-electron chi connectivity index (χ1n) is 9.94. The number of amides is 1. The standard InChI is InChI=1S/C20H20F6N4O2/c1-10-8-29(9-13-7-27-17(30(10)13)18(2,32)20(24,25)26)16(31)12-5-14(11-3-4-11)28-15(6-12)19(21,22)23/h5-7,10-11,32H,3-4,8-9H2,1-2H3/t10-,18+/m0/s1. The molecule has 174 valence electrons. The van der Waals surface area contributed by atoms with E-state index in [4.69, 9.17) is 0 Å². The molecular formula is C20H20F6N4O2. The summed E-state index contributed by atoms with van der Waals surface area (Å²) in [6, 6.07) is 1.36. The zero-order valence-corrected chi connectivity index (χ0v) is 17.1. The number of hydrogen-bond acceptors (Lipinski definition) is 4. The summed E-state index contributed by atoms with van der Waals surface area (Å²) in [5, 5.41) is 10.0. The number of alkyl halides is 6. The minimum Gasteiger partial charge on any atom is -0.374 e. The van der Waals surface area contributed by atoms with Gasteiger partial charge in [0.2, 0.25) is 5.60 Å². The Kier molecular flexibility index (Phi) is 5.07. The number of aliphatic hydroxyl groups is 1. The molecule has 6 nitrogen and oxygen atoms in total. The summed E-state index contributed by atoms with van der Waals surface area (Å²) in [7, 11) is 0. The summed E-state index contributed by atoms with van der Waals surface area (Å²) in [6.07, 6.45) is -7.15. The van der Waals surface area contributed by atoms with Crippen molar-refractivity contribution in [2.75, 3.05) is 6.54 Å². The van der Waals surface area contributed by atoms with Crippen molar-refractivity contribution >= 4 is 5.91 Å². The van der Waals surface area contributed by atoms with Crippen molar-refractivity contribution in [3.63, 3.8) is 0 Å². The number of carbonyl (C=O) groups is 1. The summed E-state index contributed by atoms with van der Waals surface area (Å²) < 4.78 is 81.0. The normalized spacial score (nSPS) is 21.3. The number of rotatable bonds is 3. The summed E-state index contributed by atoms with van der Waals surface area (Å²) in [4.78, 5) is 21.7. The Hall–Kier alpha value is -2.63. The number of imidazole rings is 1. The van der Waals surface area contributed by atoms with Crippen molar-refractivity contribution in [1.82, 2.24) is 19.4 Å². The Bertz CT molecular complexity index is 1060. The lowest BCUT2D eigenvalue weighted by molar-refractivity contribution is -0.263. The molecule has 2 aliphatic rings. The number of nitrogens with zero attached hydrogens (tertiary/aromatic N) is 4. The molecule has 4 rings (SSSR count). The van der Waals surface area contributed by atoms with Gasteiger partial charge in [-0.3, -0.25) is 4.79 Å². The van der Waals surface area contributed by atoms with Crippen molar-refractivity contribution in [3.8, 4) is 0 Å². The van der Waals surface area contributed by atoms with E-state index in [1.54, 1.807) is 6.92 Å². The summed E-state index contributed by atoms with van der Waals surface area (Å²) >= 11 is 0. The van der Waals surface area contributed by atoms with Crippen LogP contribution >= 0.6 is 0 Å². The second-order valence-corrected chi connectivity index (χ2v) is 8.49. The average molecular weight is 462 g/mol. The third kappa shape index (κ3) is 3.84. The van der Waals surface area contributed by atoms with Gasteiger partial charge < -0.3 is 14.6 Å². The molecular weight excluding hydrogens is 442 g/mol. The molecule has 2 aromatic rings. The lowest BCUT2D eigenvalue weighted by Crippen LogP contribution is -2.45. The maximum absolute atomic E-state index is 13.3. The number of halogens is 6. The van der Waals surface area contributed by atoms with E-state index in [0.29, 0.717) is 25.8 Å². The van der Waals surface area contributed by atoms with Crippen LogP contribution in [0.15, 0.2) is 18.3 Å². The highest BCUT2D eigenvalue weighted by Gasteiger charge is 2.55. The van der Waals surface area contributed by atoms with Gasteiger partial charge in [0.05, 0.1) is 24.5 Å². The number of aromatic nitrogens is 3. The number of hydrogen-bond donors (Lipinski definition) is 1. The van der Waals surface area contributed by atoms with Gasteiger partial charge in [0.25, 0.3) is 5.91 Å². The molecule has 2 atom stereocenters. The molecule has 0 unspecified atom stereocenters. The van der Waals surface area contributed by atoms with Crippen LogP contribution in [0.2, 0.25) is 0 Å². The highest BCUT2D eigenvalue weighted by Crippen LogP contribution is 2.42. The second kappa shape index (κ2) is 7.19. The predicted octanol–water partition coefficient (Wildman–Crippen LogP) is 4.16. The molecule has 12 heteroatoms. The van der Waals surface area contributed by atoms with Gasteiger partial charge in [0.15, 0.2) is 5.82 Å². The molecule has 0 saturated heterocycles. The quantitative estimate of drug-likeness (QED) is 0.696. The highest BCUT2D eigenvalue weighted by molar-refractivity contribution is 5.94. The van der Waals surface area contributed by atoms with E-state index in [1.165, 1.54) is 15.5 Å². The van der Waals surface area contributed by atoms with Crippen LogP contribution in [0.3, 0.4) is 0 Å². The molecule has 0 radical (unpaired) electrons. The molecule has 1 amide bonds. The third-order valence-electron chi connectivity index (χ3n) is 5.80. The van der Waals surface area contributed by atoms with E-state index in [9.17, 15) is 36.2 Å². The van der Waals surface area contributed by atoms with Crippen molar-refractivity contribution in [1.29, 1.82) is 0 Å². The van der Waals surface area contributed by atoms with Gasteiger partial charge in [-0.2, -0.15) is 26.3 Å². The number of carbonyl (C=O) groups excluding carboxylic acids is 1. The summed E-state index contributed by atoms with van der Waals surface area (Å²) in [6.45, 7) is 1.92. The first-order chi connectivity index (χ1) is 14.7. The minimum atomic E-state index is -4.97. The first kappa shape index (κ1) is 22.6. The zero-order chi connectivity index (χ0) is 23.6. The molecule has 1 aliphatic heterocycles. The van der Waals surface area contributed by atoms with Crippen LogP contribution in [0, 0.1) is 0 Å². The molecule has 1 aliphatic carbocycles. The molecule has 1 fully saturated rings. The van der Waals surface area contributed by atoms with E-state index in [1.807, 2.05) is 0 Å². The van der Waals surface area contributed by atoms with Gasteiger partial charge in [0, 0.05) is 23.7 Å². The van der Waals surface area contributed by atoms with Gasteiger partial charge in [-0.25, -0.2) is 9.97 Å². The van der Waals surface area contributed by atoms with Crippen molar-refractivity contribution in [2.45, 2.75) is 63.1 Å². The smallest absolute Gasteiger partial charge is 0.374 e. The Morgan fingerprint density at radius 3 is 2.38 bits per heavy atom. The van der Waals surface area contributed by atoms with Crippen LogP contribution in [0.1, 0.15) is 71.9 Å². The van der Waals surface area contributed by atoms with Gasteiger partial charge in [-0.1, -0.05) is 0 Å². The predicted molar refractivity (Wildman–Crippen MR) is 98.5 cm³/mol. The highest BCUT2D eigenvalue weighted by atomic mass is 19.4. The van der Waals surface area contributed by atoms with E-state index in [0.717, 1.165) is 6.20 Å². The summed E-state index contributed by atoms with van der Waals surface area (Å²) in [5.41, 5.74) is -4.07. The number of pyridine rings is 1. The van der Waals surface area contributed by atoms with Crippen LogP contribution in [0.25, 0.3) is 0 Å². The number of fused-ring (bicyclic) bond motifs is 1. The lowest BCUT2D eigenvalue weighted by Gasteiger charge is -2.36. The molecule has 0 spiro atoms. The van der Waals surface area contributed by atoms with Crippen molar-refractivity contribution < 1.29 is 36.2 Å². The van der Waals surface area contributed by atoms with E-state index in [-0.39, 0.29) is 36.0 Å². The molecule has 1 N–H and O–H groups in total. The Morgan fingerprint density at radius 2 is 1.81 bits per heavy atom. The fourth-order valence-electron chi connectivity index (χ4n) is 3.90. The van der Waals surface area contributed by atoms with E-state index < -0.39 is 41.4 Å². The molecule has 0 bridgehead atoms. The van der Waals surface area contributed by atoms with E-state index >= 15 is 0 Å². The fourth-order valence-corrected chi connectivity index (χ4v) is 3.90. The molecule has 2 aromatic heterocycles. The lowest BCUT2D eigenvalue weighted by atomic mass is 10.0. The SMILES string of the molecule is C[C@H]1CN(C(=O)c2cc(C3CC3)nc(C(F)(F)F)c2)Cc2cnc([C@@](C)(O)C(F)(F)F)n21. The molecule has 3 heterocycles. The topological polar surface area (TPSA) is 71.2 Å². The Morgan fingerprint density at radius 1 is 1.16 bits per heavy atom. The maximum atomic E-state index is 13.3. The molecule has 32 heavy (non-hydrogen) atoms. The van der Waals surface area contributed by atoms with E-state index in [2.05, 4.69) is 9.97 Å². The maximum Gasteiger partial charge on any atom is 0.433 e. The third-order valence-corrected chi connectivity index (χ3v) is 5.80. The van der Waals surface area contributed by atoms with Gasteiger partial charge in [-0.15, -0.1) is 0 Å². The largest absolute Gasteiger partial charge is 0.433 e. The van der Waals surface area contributed by atoms with Gasteiger partial charge in [0.1, 0.15) is 5.69 Å². The second-order valence-electron chi connectivity index (χ2n) is 8.49. The van der Waals surface area contributed by atoms with Gasteiger partial charge >= 0.3 is 12.4 Å². The first-order valence-corrected chi connectivity index (χ1v) is 9.94. The van der Waals surface area contributed by atoms with Crippen molar-refractivity contribution in [3.05, 3.63) is 46.8 Å². The van der Waals surface area contributed by atoms with Crippen LogP contribution < -0.4 is 0 Å². The van der Waals surface area contributed by atoms with Crippen LogP contribution in [0.5, 0.6) is 0 Å². The van der Waals surface area contributed by atoms with Crippen molar-refractivity contribution in [2.24, 2.45) is 0 Å². The Balaban J connectivity index is 1.66.